The molecule has 1 heterocycles. The van der Waals surface area contributed by atoms with Crippen LogP contribution in [0.4, 0.5) is 5.69 Å². The summed E-state index contributed by atoms with van der Waals surface area (Å²) in [5.41, 5.74) is 2.40. The van der Waals surface area contributed by atoms with Gasteiger partial charge >= 0.3 is 5.97 Å². The van der Waals surface area contributed by atoms with Crippen LogP contribution in [0, 0.1) is 0 Å². The van der Waals surface area contributed by atoms with Gasteiger partial charge in [-0.25, -0.2) is 0 Å². The normalized spacial score (nSPS) is 13.2. The van der Waals surface area contributed by atoms with E-state index >= 15 is 0 Å². The lowest BCUT2D eigenvalue weighted by atomic mass is 10.0. The van der Waals surface area contributed by atoms with Crippen molar-refractivity contribution >= 4 is 22.4 Å². The second-order valence-corrected chi connectivity index (χ2v) is 4.22. The van der Waals surface area contributed by atoms with Crippen LogP contribution in [0.1, 0.15) is 12.5 Å². The summed E-state index contributed by atoms with van der Waals surface area (Å²) in [4.78, 5) is 11.1. The molecule has 0 saturated carbocycles. The van der Waals surface area contributed by atoms with Crippen LogP contribution in [-0.4, -0.2) is 12.5 Å². The van der Waals surface area contributed by atoms with Gasteiger partial charge in [-0.1, -0.05) is 24.3 Å². The SMILES string of the molecule is CC(=O)Oc1cc2c(c3ccccc13)CCN2. The molecule has 0 spiro atoms. The fraction of sp³-hybridized carbons (Fsp3) is 0.214. The Hall–Kier alpha value is -2.03. The zero-order valence-corrected chi connectivity index (χ0v) is 9.62. The van der Waals surface area contributed by atoms with E-state index in [1.165, 1.54) is 17.9 Å². The molecule has 0 saturated heterocycles. The third-order valence-corrected chi connectivity index (χ3v) is 3.06. The Kier molecular flexibility index (Phi) is 2.25. The molecule has 1 N–H and O–H groups in total. The van der Waals surface area contributed by atoms with E-state index in [0.717, 1.165) is 24.0 Å². The van der Waals surface area contributed by atoms with Gasteiger partial charge in [0, 0.05) is 30.6 Å². The van der Waals surface area contributed by atoms with E-state index in [9.17, 15) is 4.79 Å². The van der Waals surface area contributed by atoms with Crippen molar-refractivity contribution in [2.75, 3.05) is 11.9 Å². The van der Waals surface area contributed by atoms with Crippen molar-refractivity contribution in [2.24, 2.45) is 0 Å². The molecule has 0 fully saturated rings. The maximum atomic E-state index is 11.1. The van der Waals surface area contributed by atoms with Gasteiger partial charge in [0.1, 0.15) is 5.75 Å². The Morgan fingerprint density at radius 3 is 2.82 bits per heavy atom. The Balaban J connectivity index is 2.28. The molecule has 3 nitrogen and oxygen atoms in total. The minimum Gasteiger partial charge on any atom is -0.426 e. The van der Waals surface area contributed by atoms with Crippen molar-refractivity contribution in [3.63, 3.8) is 0 Å². The predicted molar refractivity (Wildman–Crippen MR) is 67.5 cm³/mol. The van der Waals surface area contributed by atoms with Gasteiger partial charge in [-0.2, -0.15) is 0 Å². The van der Waals surface area contributed by atoms with Gasteiger partial charge in [-0.05, 0) is 17.4 Å². The van der Waals surface area contributed by atoms with Crippen LogP contribution in [-0.2, 0) is 11.2 Å². The van der Waals surface area contributed by atoms with E-state index in [1.807, 2.05) is 24.3 Å². The average molecular weight is 227 g/mol. The van der Waals surface area contributed by atoms with Crippen LogP contribution in [0.3, 0.4) is 0 Å². The number of hydrogen-bond donors (Lipinski definition) is 1. The predicted octanol–water partition coefficient (Wildman–Crippen LogP) is 2.73. The molecule has 0 unspecified atom stereocenters. The molecule has 3 heteroatoms. The Morgan fingerprint density at radius 2 is 2.06 bits per heavy atom. The molecule has 0 atom stereocenters. The first kappa shape index (κ1) is 10.1. The zero-order chi connectivity index (χ0) is 11.8. The van der Waals surface area contributed by atoms with Crippen LogP contribution < -0.4 is 10.1 Å². The molecule has 2 aromatic carbocycles. The van der Waals surface area contributed by atoms with Crippen molar-refractivity contribution in [3.05, 3.63) is 35.9 Å². The lowest BCUT2D eigenvalue weighted by Gasteiger charge is -2.10. The van der Waals surface area contributed by atoms with Crippen LogP contribution in [0.2, 0.25) is 0 Å². The number of nitrogens with one attached hydrogen (secondary N) is 1. The van der Waals surface area contributed by atoms with E-state index in [-0.39, 0.29) is 5.97 Å². The first-order valence-corrected chi connectivity index (χ1v) is 5.72. The molecular formula is C14H13NO2. The minimum atomic E-state index is -0.284. The maximum Gasteiger partial charge on any atom is 0.308 e. The molecule has 0 amide bonds. The van der Waals surface area contributed by atoms with Gasteiger partial charge in [0.25, 0.3) is 0 Å². The Bertz CT molecular complexity index is 604. The summed E-state index contributed by atoms with van der Waals surface area (Å²) in [6.45, 7) is 2.37. The second-order valence-electron chi connectivity index (χ2n) is 4.22. The largest absolute Gasteiger partial charge is 0.426 e. The van der Waals surface area contributed by atoms with Crippen molar-refractivity contribution < 1.29 is 9.53 Å². The molecule has 17 heavy (non-hydrogen) atoms. The first-order chi connectivity index (χ1) is 8.25. The number of esters is 1. The van der Waals surface area contributed by atoms with Gasteiger partial charge in [0.05, 0.1) is 0 Å². The molecule has 0 aromatic heterocycles. The molecule has 2 aromatic rings. The molecule has 3 rings (SSSR count). The lowest BCUT2D eigenvalue weighted by molar-refractivity contribution is -0.131. The van der Waals surface area contributed by atoms with Crippen LogP contribution >= 0.6 is 0 Å². The highest BCUT2D eigenvalue weighted by Gasteiger charge is 2.17. The van der Waals surface area contributed by atoms with Crippen molar-refractivity contribution in [1.29, 1.82) is 0 Å². The summed E-state index contributed by atoms with van der Waals surface area (Å²) in [6.07, 6.45) is 1.02. The average Bonchev–Trinajstić information content (AvgIpc) is 2.77. The summed E-state index contributed by atoms with van der Waals surface area (Å²) < 4.78 is 5.27. The number of rotatable bonds is 1. The monoisotopic (exact) mass is 227 g/mol. The number of ether oxygens (including phenoxy) is 1. The third-order valence-electron chi connectivity index (χ3n) is 3.06. The van der Waals surface area contributed by atoms with Crippen molar-refractivity contribution in [2.45, 2.75) is 13.3 Å². The molecular weight excluding hydrogens is 214 g/mol. The fourth-order valence-electron chi connectivity index (χ4n) is 2.39. The molecule has 1 aliphatic heterocycles. The molecule has 86 valence electrons. The van der Waals surface area contributed by atoms with E-state index in [1.54, 1.807) is 0 Å². The van der Waals surface area contributed by atoms with E-state index < -0.39 is 0 Å². The summed E-state index contributed by atoms with van der Waals surface area (Å²) in [5, 5.41) is 5.49. The van der Waals surface area contributed by atoms with E-state index in [4.69, 9.17) is 4.74 Å². The van der Waals surface area contributed by atoms with Crippen LogP contribution in [0.15, 0.2) is 30.3 Å². The Morgan fingerprint density at radius 1 is 1.29 bits per heavy atom. The highest BCUT2D eigenvalue weighted by atomic mass is 16.5. The molecule has 0 aliphatic carbocycles. The number of anilines is 1. The van der Waals surface area contributed by atoms with E-state index in [0.29, 0.717) is 5.75 Å². The highest BCUT2D eigenvalue weighted by molar-refractivity contribution is 5.97. The number of hydrogen-bond acceptors (Lipinski definition) is 3. The smallest absolute Gasteiger partial charge is 0.308 e. The molecule has 0 bridgehead atoms. The zero-order valence-electron chi connectivity index (χ0n) is 9.62. The molecule has 1 aliphatic rings. The number of carbonyl (C=O) groups is 1. The van der Waals surface area contributed by atoms with Crippen molar-refractivity contribution in [1.82, 2.24) is 0 Å². The number of fused-ring (bicyclic) bond motifs is 3. The van der Waals surface area contributed by atoms with Crippen LogP contribution in [0.5, 0.6) is 5.75 Å². The second kappa shape index (κ2) is 3.77. The summed E-state index contributed by atoms with van der Waals surface area (Å²) in [7, 11) is 0. The van der Waals surface area contributed by atoms with Gasteiger partial charge < -0.3 is 10.1 Å². The summed E-state index contributed by atoms with van der Waals surface area (Å²) >= 11 is 0. The van der Waals surface area contributed by atoms with E-state index in [2.05, 4.69) is 11.4 Å². The topological polar surface area (TPSA) is 38.3 Å². The lowest BCUT2D eigenvalue weighted by Crippen LogP contribution is -2.02. The van der Waals surface area contributed by atoms with Gasteiger partial charge in [0.2, 0.25) is 0 Å². The fourth-order valence-corrected chi connectivity index (χ4v) is 2.39. The van der Waals surface area contributed by atoms with Crippen molar-refractivity contribution in [3.8, 4) is 5.75 Å². The standard InChI is InChI=1S/C14H13NO2/c1-9(16)17-14-8-13-11(6-7-15-13)10-4-2-3-5-12(10)14/h2-5,8,15H,6-7H2,1H3. The van der Waals surface area contributed by atoms with Gasteiger partial charge in [0.15, 0.2) is 0 Å². The van der Waals surface area contributed by atoms with Gasteiger partial charge in [-0.3, -0.25) is 4.79 Å². The summed E-state index contributed by atoms with van der Waals surface area (Å²) in [6, 6.07) is 9.97. The van der Waals surface area contributed by atoms with Crippen LogP contribution in [0.25, 0.3) is 10.8 Å². The molecule has 0 radical (unpaired) electrons. The quantitative estimate of drug-likeness (QED) is 0.601. The highest BCUT2D eigenvalue weighted by Crippen LogP contribution is 2.37. The first-order valence-electron chi connectivity index (χ1n) is 5.72. The van der Waals surface area contributed by atoms with Gasteiger partial charge in [-0.15, -0.1) is 0 Å². The minimum absolute atomic E-state index is 0.284. The number of carbonyl (C=O) groups excluding carboxylic acids is 1. The maximum absolute atomic E-state index is 11.1. The third kappa shape index (κ3) is 1.64. The Labute approximate surface area is 99.4 Å². The summed E-state index contributed by atoms with van der Waals surface area (Å²) in [5.74, 6) is 0.356. The number of benzene rings is 2.